The summed E-state index contributed by atoms with van der Waals surface area (Å²) in [5, 5.41) is 12.9. The largest absolute Gasteiger partial charge is 0.393 e. The lowest BCUT2D eigenvalue weighted by Gasteiger charge is -1.95. The summed E-state index contributed by atoms with van der Waals surface area (Å²) in [4.78, 5) is 8.05. The molecule has 0 spiro atoms. The van der Waals surface area contributed by atoms with E-state index in [1.807, 2.05) is 0 Å². The average molecular weight is 205 g/mol. The molecule has 0 saturated heterocycles. The number of hydrogen-bond acceptors (Lipinski definition) is 5. The Morgan fingerprint density at radius 3 is 2.80 bits per heavy atom. The van der Waals surface area contributed by atoms with Crippen molar-refractivity contribution < 1.29 is 9.63 Å². The molecule has 1 unspecified atom stereocenters. The van der Waals surface area contributed by atoms with Crippen molar-refractivity contribution in [2.75, 3.05) is 0 Å². The van der Waals surface area contributed by atoms with E-state index in [4.69, 9.17) is 9.63 Å². The van der Waals surface area contributed by atoms with Crippen LogP contribution in [0.3, 0.4) is 0 Å². The number of pyridine rings is 1. The van der Waals surface area contributed by atoms with Crippen LogP contribution in [0.1, 0.15) is 12.7 Å². The van der Waals surface area contributed by atoms with Gasteiger partial charge in [-0.1, -0.05) is 5.16 Å². The monoisotopic (exact) mass is 205 g/mol. The normalized spacial score (nSPS) is 12.7. The predicted octanol–water partition coefficient (Wildman–Crippen LogP) is 1.05. The van der Waals surface area contributed by atoms with Crippen molar-refractivity contribution in [2.45, 2.75) is 19.4 Å². The number of aromatic nitrogens is 3. The fourth-order valence-corrected chi connectivity index (χ4v) is 1.21. The maximum absolute atomic E-state index is 9.15. The van der Waals surface area contributed by atoms with Gasteiger partial charge in [0.2, 0.25) is 0 Å². The van der Waals surface area contributed by atoms with Crippen LogP contribution in [0, 0.1) is 0 Å². The molecule has 5 heteroatoms. The molecule has 2 aromatic heterocycles. The summed E-state index contributed by atoms with van der Waals surface area (Å²) in [6.45, 7) is 1.68. The lowest BCUT2D eigenvalue weighted by molar-refractivity contribution is 0.191. The lowest BCUT2D eigenvalue weighted by atomic mass is 10.2. The van der Waals surface area contributed by atoms with Crippen molar-refractivity contribution >= 4 is 0 Å². The fourth-order valence-electron chi connectivity index (χ4n) is 1.21. The Morgan fingerprint density at radius 2 is 2.13 bits per heavy atom. The number of nitrogens with zero attached hydrogens (tertiary/aromatic N) is 3. The van der Waals surface area contributed by atoms with Gasteiger partial charge in [-0.05, 0) is 19.1 Å². The Hall–Kier alpha value is -1.75. The molecule has 1 N–H and O–H groups in total. The predicted molar refractivity (Wildman–Crippen MR) is 52.9 cm³/mol. The first-order valence-electron chi connectivity index (χ1n) is 4.67. The molecule has 0 aromatic carbocycles. The maximum Gasteiger partial charge on any atom is 0.258 e. The Kier molecular flexibility index (Phi) is 2.73. The second-order valence-electron chi connectivity index (χ2n) is 3.30. The molecule has 0 aliphatic rings. The van der Waals surface area contributed by atoms with Crippen LogP contribution in [0.4, 0.5) is 0 Å². The van der Waals surface area contributed by atoms with Gasteiger partial charge in [-0.3, -0.25) is 4.98 Å². The molecular formula is C10H11N3O2. The molecule has 1 atom stereocenters. The van der Waals surface area contributed by atoms with Gasteiger partial charge in [-0.25, -0.2) is 0 Å². The molecule has 5 nitrogen and oxygen atoms in total. The Morgan fingerprint density at radius 1 is 1.40 bits per heavy atom. The average Bonchev–Trinajstić information content (AvgIpc) is 2.67. The first-order valence-corrected chi connectivity index (χ1v) is 4.67. The first kappa shape index (κ1) is 9.79. The molecule has 2 rings (SSSR count). The van der Waals surface area contributed by atoms with Crippen LogP contribution in [-0.2, 0) is 6.42 Å². The minimum Gasteiger partial charge on any atom is -0.393 e. The van der Waals surface area contributed by atoms with Crippen molar-refractivity contribution in [3.05, 3.63) is 30.4 Å². The van der Waals surface area contributed by atoms with Crippen LogP contribution in [0.5, 0.6) is 0 Å². The molecule has 0 radical (unpaired) electrons. The number of aliphatic hydroxyl groups excluding tert-OH is 1. The molecule has 0 fully saturated rings. The Bertz CT molecular complexity index is 425. The lowest BCUT2D eigenvalue weighted by Crippen LogP contribution is -2.05. The van der Waals surface area contributed by atoms with Gasteiger partial charge in [-0.15, -0.1) is 0 Å². The van der Waals surface area contributed by atoms with Crippen LogP contribution in [0.2, 0.25) is 0 Å². The molecule has 2 aromatic rings. The van der Waals surface area contributed by atoms with Gasteiger partial charge in [0.15, 0.2) is 5.82 Å². The Balaban J connectivity index is 2.21. The van der Waals surface area contributed by atoms with E-state index >= 15 is 0 Å². The highest BCUT2D eigenvalue weighted by molar-refractivity contribution is 5.50. The summed E-state index contributed by atoms with van der Waals surface area (Å²) in [5.74, 6) is 0.963. The maximum atomic E-state index is 9.15. The summed E-state index contributed by atoms with van der Waals surface area (Å²) in [5.41, 5.74) is 0.828. The highest BCUT2D eigenvalue weighted by Crippen LogP contribution is 2.15. The topological polar surface area (TPSA) is 72.0 Å². The SMILES string of the molecule is CC(O)Cc1noc(-c2ccncc2)n1. The summed E-state index contributed by atoms with van der Waals surface area (Å²) in [6.07, 6.45) is 3.25. The van der Waals surface area contributed by atoms with Gasteiger partial charge in [0.1, 0.15) is 0 Å². The van der Waals surface area contributed by atoms with Crippen molar-refractivity contribution in [1.82, 2.24) is 15.1 Å². The van der Waals surface area contributed by atoms with Crippen molar-refractivity contribution in [1.29, 1.82) is 0 Å². The van der Waals surface area contributed by atoms with E-state index in [2.05, 4.69) is 15.1 Å². The molecule has 0 amide bonds. The molecule has 78 valence electrons. The van der Waals surface area contributed by atoms with Crippen LogP contribution in [0.15, 0.2) is 29.0 Å². The van der Waals surface area contributed by atoms with E-state index in [1.165, 1.54) is 0 Å². The Labute approximate surface area is 86.8 Å². The second-order valence-corrected chi connectivity index (χ2v) is 3.30. The quantitative estimate of drug-likeness (QED) is 0.811. The van der Waals surface area contributed by atoms with Crippen molar-refractivity contribution in [3.8, 4) is 11.5 Å². The first-order chi connectivity index (χ1) is 7.25. The van der Waals surface area contributed by atoms with E-state index in [0.717, 1.165) is 5.56 Å². The number of aliphatic hydroxyl groups is 1. The second kappa shape index (κ2) is 4.18. The minimum absolute atomic E-state index is 0.397. The zero-order chi connectivity index (χ0) is 10.7. The van der Waals surface area contributed by atoms with E-state index in [-0.39, 0.29) is 0 Å². The summed E-state index contributed by atoms with van der Waals surface area (Å²) >= 11 is 0. The standard InChI is InChI=1S/C10H11N3O2/c1-7(14)6-9-12-10(15-13-9)8-2-4-11-5-3-8/h2-5,7,14H,6H2,1H3. The van der Waals surface area contributed by atoms with Gasteiger partial charge in [0.25, 0.3) is 5.89 Å². The fraction of sp³-hybridized carbons (Fsp3) is 0.300. The van der Waals surface area contributed by atoms with Gasteiger partial charge in [0, 0.05) is 24.4 Å². The van der Waals surface area contributed by atoms with Gasteiger partial charge >= 0.3 is 0 Å². The van der Waals surface area contributed by atoms with E-state index < -0.39 is 6.10 Å². The molecule has 0 bridgehead atoms. The number of hydrogen-bond donors (Lipinski definition) is 1. The highest BCUT2D eigenvalue weighted by Gasteiger charge is 2.09. The van der Waals surface area contributed by atoms with E-state index in [9.17, 15) is 0 Å². The third kappa shape index (κ3) is 2.38. The molecule has 0 aliphatic carbocycles. The molecule has 2 heterocycles. The third-order valence-electron chi connectivity index (χ3n) is 1.87. The third-order valence-corrected chi connectivity index (χ3v) is 1.87. The van der Waals surface area contributed by atoms with Crippen molar-refractivity contribution in [3.63, 3.8) is 0 Å². The number of rotatable bonds is 3. The van der Waals surface area contributed by atoms with Crippen LogP contribution < -0.4 is 0 Å². The molecular weight excluding hydrogens is 194 g/mol. The smallest absolute Gasteiger partial charge is 0.258 e. The van der Waals surface area contributed by atoms with Gasteiger partial charge in [0.05, 0.1) is 6.10 Å². The van der Waals surface area contributed by atoms with Crippen LogP contribution in [0.25, 0.3) is 11.5 Å². The highest BCUT2D eigenvalue weighted by atomic mass is 16.5. The molecule has 15 heavy (non-hydrogen) atoms. The summed E-state index contributed by atoms with van der Waals surface area (Å²) in [6, 6.07) is 3.58. The van der Waals surface area contributed by atoms with Crippen molar-refractivity contribution in [2.24, 2.45) is 0 Å². The van der Waals surface area contributed by atoms with Gasteiger partial charge < -0.3 is 9.63 Å². The molecule has 0 aliphatic heterocycles. The van der Waals surface area contributed by atoms with Crippen LogP contribution in [-0.4, -0.2) is 26.3 Å². The summed E-state index contributed by atoms with van der Waals surface area (Å²) < 4.78 is 5.05. The van der Waals surface area contributed by atoms with E-state index in [1.54, 1.807) is 31.5 Å². The zero-order valence-electron chi connectivity index (χ0n) is 8.29. The zero-order valence-corrected chi connectivity index (χ0v) is 8.29. The van der Waals surface area contributed by atoms with Crippen LogP contribution >= 0.6 is 0 Å². The minimum atomic E-state index is -0.465. The summed E-state index contributed by atoms with van der Waals surface area (Å²) in [7, 11) is 0. The molecule has 0 saturated carbocycles. The van der Waals surface area contributed by atoms with Gasteiger partial charge in [-0.2, -0.15) is 4.98 Å². The van der Waals surface area contributed by atoms with E-state index in [0.29, 0.717) is 18.1 Å².